The van der Waals surface area contributed by atoms with E-state index in [2.05, 4.69) is 9.97 Å². The van der Waals surface area contributed by atoms with Crippen LogP contribution in [0.2, 0.25) is 0 Å². The molecule has 1 heterocycles. The quantitative estimate of drug-likeness (QED) is 0.900. The van der Waals surface area contributed by atoms with Crippen molar-refractivity contribution < 1.29 is 4.74 Å². The van der Waals surface area contributed by atoms with Crippen molar-refractivity contribution in [3.63, 3.8) is 0 Å². The highest BCUT2D eigenvalue weighted by Gasteiger charge is 2.04. The molecule has 0 unspecified atom stereocenters. The minimum atomic E-state index is 0.174. The lowest BCUT2D eigenvalue weighted by molar-refractivity contribution is 0.242. The smallest absolute Gasteiger partial charge is 0.128 e. The molecule has 2 aromatic rings. The van der Waals surface area contributed by atoms with Gasteiger partial charge in [0.2, 0.25) is 0 Å². The molecule has 0 aliphatic rings. The van der Waals surface area contributed by atoms with E-state index >= 15 is 0 Å². The third-order valence-electron chi connectivity index (χ3n) is 2.38. The van der Waals surface area contributed by atoms with Crippen LogP contribution in [0.25, 0.3) is 11.3 Å². The Labute approximate surface area is 107 Å². The molecule has 2 N–H and O–H groups in total. The van der Waals surface area contributed by atoms with Gasteiger partial charge in [0.25, 0.3) is 0 Å². The monoisotopic (exact) mass is 243 g/mol. The van der Waals surface area contributed by atoms with E-state index in [1.165, 1.54) is 0 Å². The van der Waals surface area contributed by atoms with Crippen LogP contribution in [-0.4, -0.2) is 16.1 Å². The summed E-state index contributed by atoms with van der Waals surface area (Å²) in [5.41, 5.74) is 7.55. The van der Waals surface area contributed by atoms with Crippen molar-refractivity contribution in [2.45, 2.75) is 26.9 Å². The summed E-state index contributed by atoms with van der Waals surface area (Å²) in [6.45, 7) is 5.83. The minimum absolute atomic E-state index is 0.174. The van der Waals surface area contributed by atoms with E-state index in [-0.39, 0.29) is 6.10 Å². The molecule has 0 bridgehead atoms. The Morgan fingerprint density at radius 2 is 1.78 bits per heavy atom. The van der Waals surface area contributed by atoms with E-state index in [4.69, 9.17) is 10.5 Å². The maximum Gasteiger partial charge on any atom is 0.128 e. The van der Waals surface area contributed by atoms with Gasteiger partial charge in [-0.2, -0.15) is 0 Å². The number of aromatic nitrogens is 2. The van der Waals surface area contributed by atoms with Gasteiger partial charge in [-0.3, -0.25) is 0 Å². The van der Waals surface area contributed by atoms with Crippen molar-refractivity contribution >= 4 is 5.82 Å². The molecule has 94 valence electrons. The van der Waals surface area contributed by atoms with Gasteiger partial charge in [0, 0.05) is 11.6 Å². The van der Waals surface area contributed by atoms with E-state index in [1.54, 1.807) is 6.07 Å². The minimum Gasteiger partial charge on any atom is -0.491 e. The van der Waals surface area contributed by atoms with E-state index in [9.17, 15) is 0 Å². The van der Waals surface area contributed by atoms with E-state index in [0.717, 1.165) is 17.0 Å². The first kappa shape index (κ1) is 12.4. The van der Waals surface area contributed by atoms with Crippen LogP contribution >= 0.6 is 0 Å². The van der Waals surface area contributed by atoms with Crippen LogP contribution in [0.3, 0.4) is 0 Å². The fraction of sp³-hybridized carbons (Fsp3) is 0.286. The van der Waals surface area contributed by atoms with Crippen molar-refractivity contribution in [3.8, 4) is 17.0 Å². The Kier molecular flexibility index (Phi) is 3.46. The molecule has 0 aliphatic carbocycles. The molecule has 0 saturated carbocycles. The van der Waals surface area contributed by atoms with Gasteiger partial charge in [-0.15, -0.1) is 0 Å². The van der Waals surface area contributed by atoms with Gasteiger partial charge in [-0.1, -0.05) is 0 Å². The molecule has 0 radical (unpaired) electrons. The lowest BCUT2D eigenvalue weighted by atomic mass is 10.1. The number of benzene rings is 1. The van der Waals surface area contributed by atoms with Crippen LogP contribution < -0.4 is 10.5 Å². The van der Waals surface area contributed by atoms with Gasteiger partial charge in [-0.05, 0) is 45.0 Å². The van der Waals surface area contributed by atoms with E-state index in [1.807, 2.05) is 45.0 Å². The summed E-state index contributed by atoms with van der Waals surface area (Å²) in [6.07, 6.45) is 0.174. The molecule has 1 aromatic heterocycles. The van der Waals surface area contributed by atoms with Crippen molar-refractivity contribution in [2.24, 2.45) is 0 Å². The highest BCUT2D eigenvalue weighted by atomic mass is 16.5. The van der Waals surface area contributed by atoms with Crippen LogP contribution in [0, 0.1) is 6.92 Å². The Morgan fingerprint density at radius 1 is 1.11 bits per heavy atom. The SMILES string of the molecule is Cc1nc(N)cc(-c2ccc(OC(C)C)cc2)n1. The number of rotatable bonds is 3. The molecule has 0 spiro atoms. The maximum absolute atomic E-state index is 5.72. The topological polar surface area (TPSA) is 61.0 Å². The molecule has 0 fully saturated rings. The predicted octanol–water partition coefficient (Wildman–Crippen LogP) is 2.82. The number of nitrogen functional groups attached to an aromatic ring is 1. The number of hydrogen-bond donors (Lipinski definition) is 1. The fourth-order valence-electron chi connectivity index (χ4n) is 1.72. The van der Waals surface area contributed by atoms with Crippen molar-refractivity contribution in [2.75, 3.05) is 5.73 Å². The first-order chi connectivity index (χ1) is 8.54. The first-order valence-electron chi connectivity index (χ1n) is 5.93. The molecule has 18 heavy (non-hydrogen) atoms. The second-order valence-corrected chi connectivity index (χ2v) is 4.42. The Morgan fingerprint density at radius 3 is 2.33 bits per heavy atom. The molecular weight excluding hydrogens is 226 g/mol. The number of hydrogen-bond acceptors (Lipinski definition) is 4. The number of nitrogens with zero attached hydrogens (tertiary/aromatic N) is 2. The van der Waals surface area contributed by atoms with Crippen LogP contribution in [0.15, 0.2) is 30.3 Å². The molecule has 1 aromatic carbocycles. The summed E-state index contributed by atoms with van der Waals surface area (Å²) >= 11 is 0. The number of nitrogens with two attached hydrogens (primary N) is 1. The summed E-state index contributed by atoms with van der Waals surface area (Å²) in [4.78, 5) is 8.42. The average molecular weight is 243 g/mol. The first-order valence-corrected chi connectivity index (χ1v) is 5.93. The van der Waals surface area contributed by atoms with Gasteiger partial charge < -0.3 is 10.5 Å². The van der Waals surface area contributed by atoms with Crippen LogP contribution in [0.5, 0.6) is 5.75 Å². The van der Waals surface area contributed by atoms with Crippen molar-refractivity contribution in [3.05, 3.63) is 36.2 Å². The van der Waals surface area contributed by atoms with Gasteiger partial charge in [0.1, 0.15) is 17.4 Å². The zero-order valence-corrected chi connectivity index (χ0v) is 10.8. The normalized spacial score (nSPS) is 10.7. The highest BCUT2D eigenvalue weighted by molar-refractivity contribution is 5.62. The molecule has 0 atom stereocenters. The number of anilines is 1. The van der Waals surface area contributed by atoms with Gasteiger partial charge >= 0.3 is 0 Å². The maximum atomic E-state index is 5.72. The standard InChI is InChI=1S/C14H17N3O/c1-9(2)18-12-6-4-11(5-7-12)13-8-14(15)17-10(3)16-13/h4-9H,1-3H3,(H2,15,16,17). The average Bonchev–Trinajstić information content (AvgIpc) is 2.27. The second-order valence-electron chi connectivity index (χ2n) is 4.42. The molecule has 0 aliphatic heterocycles. The van der Waals surface area contributed by atoms with Gasteiger partial charge in [0.05, 0.1) is 11.8 Å². The lowest BCUT2D eigenvalue weighted by Crippen LogP contribution is -2.05. The molecule has 4 heteroatoms. The number of aryl methyl sites for hydroxylation is 1. The van der Waals surface area contributed by atoms with Crippen molar-refractivity contribution in [1.82, 2.24) is 9.97 Å². The summed E-state index contributed by atoms with van der Waals surface area (Å²) in [6, 6.07) is 9.58. The molecule has 0 saturated heterocycles. The van der Waals surface area contributed by atoms with E-state index in [0.29, 0.717) is 11.6 Å². The van der Waals surface area contributed by atoms with Crippen LogP contribution in [-0.2, 0) is 0 Å². The highest BCUT2D eigenvalue weighted by Crippen LogP contribution is 2.22. The van der Waals surface area contributed by atoms with Gasteiger partial charge in [-0.25, -0.2) is 9.97 Å². The summed E-state index contributed by atoms with van der Waals surface area (Å²) in [7, 11) is 0. The second kappa shape index (κ2) is 5.04. The van der Waals surface area contributed by atoms with Crippen LogP contribution in [0.1, 0.15) is 19.7 Å². The molecule has 4 nitrogen and oxygen atoms in total. The predicted molar refractivity (Wildman–Crippen MR) is 72.4 cm³/mol. The Bertz CT molecular complexity index is 515. The zero-order chi connectivity index (χ0) is 13.1. The third-order valence-corrected chi connectivity index (χ3v) is 2.38. The zero-order valence-electron chi connectivity index (χ0n) is 10.8. The summed E-state index contributed by atoms with van der Waals surface area (Å²) in [5.74, 6) is 2.01. The fourth-order valence-corrected chi connectivity index (χ4v) is 1.72. The van der Waals surface area contributed by atoms with Crippen LogP contribution in [0.4, 0.5) is 5.82 Å². The number of ether oxygens (including phenoxy) is 1. The van der Waals surface area contributed by atoms with Gasteiger partial charge in [0.15, 0.2) is 0 Å². The van der Waals surface area contributed by atoms with E-state index < -0.39 is 0 Å². The Balaban J connectivity index is 2.28. The third kappa shape index (κ3) is 2.97. The largest absolute Gasteiger partial charge is 0.491 e. The summed E-state index contributed by atoms with van der Waals surface area (Å²) in [5, 5.41) is 0. The Hall–Kier alpha value is -2.10. The summed E-state index contributed by atoms with van der Waals surface area (Å²) < 4.78 is 5.60. The molecule has 2 rings (SSSR count). The molecule has 0 amide bonds. The van der Waals surface area contributed by atoms with Crippen molar-refractivity contribution in [1.29, 1.82) is 0 Å². The lowest BCUT2D eigenvalue weighted by Gasteiger charge is -2.10. The molecular formula is C14H17N3O.